The molecule has 170 valence electrons. The lowest BCUT2D eigenvalue weighted by atomic mass is 10.1. The van der Waals surface area contributed by atoms with Gasteiger partial charge >= 0.3 is 5.69 Å². The highest BCUT2D eigenvalue weighted by Gasteiger charge is 2.44. The predicted molar refractivity (Wildman–Crippen MR) is 126 cm³/mol. The van der Waals surface area contributed by atoms with Crippen molar-refractivity contribution in [1.29, 1.82) is 0 Å². The van der Waals surface area contributed by atoms with E-state index >= 15 is 0 Å². The lowest BCUT2D eigenvalue weighted by molar-refractivity contribution is -0.0204. The topological polar surface area (TPSA) is 62.5 Å². The zero-order valence-corrected chi connectivity index (χ0v) is 20.8. The second kappa shape index (κ2) is 8.88. The van der Waals surface area contributed by atoms with Gasteiger partial charge in [0.1, 0.15) is 6.23 Å². The van der Waals surface area contributed by atoms with E-state index in [2.05, 4.69) is 40.8 Å². The lowest BCUT2D eigenvalue weighted by Gasteiger charge is -2.39. The fraction of sp³-hybridized carbons (Fsp3) is 0.583. The van der Waals surface area contributed by atoms with E-state index in [-0.39, 0.29) is 35.0 Å². The van der Waals surface area contributed by atoms with Gasteiger partial charge in [0, 0.05) is 18.2 Å². The number of hydrogen-bond acceptors (Lipinski definition) is 4. The number of hydrogen-bond donors (Lipinski definition) is 0. The van der Waals surface area contributed by atoms with Crippen LogP contribution in [0, 0.1) is 6.92 Å². The molecule has 3 rings (SSSR count). The summed E-state index contributed by atoms with van der Waals surface area (Å²) in [5.41, 5.74) is 0.842. The van der Waals surface area contributed by atoms with Crippen LogP contribution in [-0.4, -0.2) is 29.7 Å². The highest BCUT2D eigenvalue weighted by molar-refractivity contribution is 6.74. The van der Waals surface area contributed by atoms with E-state index in [1.165, 1.54) is 4.57 Å². The maximum absolute atomic E-state index is 13.3. The first-order valence-corrected chi connectivity index (χ1v) is 14.0. The van der Waals surface area contributed by atoms with Gasteiger partial charge in [0.05, 0.1) is 18.8 Å². The molecule has 1 aliphatic rings. The summed E-state index contributed by atoms with van der Waals surface area (Å²) < 4.78 is 15.8. The molecule has 1 aromatic carbocycles. The van der Waals surface area contributed by atoms with Crippen molar-refractivity contribution in [2.24, 2.45) is 0 Å². The minimum atomic E-state index is -1.98. The van der Waals surface area contributed by atoms with E-state index in [9.17, 15) is 9.59 Å². The molecule has 1 unspecified atom stereocenters. The van der Waals surface area contributed by atoms with Gasteiger partial charge in [-0.15, -0.1) is 0 Å². The maximum Gasteiger partial charge on any atom is 0.333 e. The Hall–Kier alpha value is -1.96. The van der Waals surface area contributed by atoms with Crippen molar-refractivity contribution in [2.45, 2.75) is 90.6 Å². The summed E-state index contributed by atoms with van der Waals surface area (Å²) in [7, 11) is -1.98. The molecule has 0 aliphatic carbocycles. The van der Waals surface area contributed by atoms with Gasteiger partial charge in [0.15, 0.2) is 8.32 Å². The molecule has 0 radical (unpaired) electrons. The highest BCUT2D eigenvalue weighted by atomic mass is 28.4. The normalized spacial score (nSPS) is 22.1. The Morgan fingerprint density at radius 1 is 1.16 bits per heavy atom. The standard InChI is InChI=1S/C24H36N2O4Si/c1-8-19-20(30-31(6,7)24(3,4)5)14-21(29-19)25-15-17(2)22(27)26(23(25)28)16-18-12-10-9-11-13-18/h9-13,15,19-21H,8,14,16H2,1-7H3/t19-,20?,21-/m1/s1. The third-order valence-electron chi connectivity index (χ3n) is 6.70. The van der Waals surface area contributed by atoms with Crippen molar-refractivity contribution in [1.82, 2.24) is 9.13 Å². The molecule has 6 nitrogen and oxygen atoms in total. The van der Waals surface area contributed by atoms with Gasteiger partial charge in [0.2, 0.25) is 0 Å². The van der Waals surface area contributed by atoms with Crippen molar-refractivity contribution < 1.29 is 9.16 Å². The second-order valence-corrected chi connectivity index (χ2v) is 14.8. The fourth-order valence-electron chi connectivity index (χ4n) is 3.78. The van der Waals surface area contributed by atoms with Crippen molar-refractivity contribution in [3.8, 4) is 0 Å². The Balaban J connectivity index is 1.92. The first-order valence-electron chi connectivity index (χ1n) is 11.1. The van der Waals surface area contributed by atoms with Crippen LogP contribution in [0.3, 0.4) is 0 Å². The lowest BCUT2D eigenvalue weighted by Crippen LogP contribution is -2.45. The summed E-state index contributed by atoms with van der Waals surface area (Å²) in [5.74, 6) is 0. The molecule has 0 bridgehead atoms. The average Bonchev–Trinajstić information content (AvgIpc) is 3.09. The molecular weight excluding hydrogens is 408 g/mol. The summed E-state index contributed by atoms with van der Waals surface area (Å²) in [4.78, 5) is 26.0. The minimum Gasteiger partial charge on any atom is -0.411 e. The zero-order chi connectivity index (χ0) is 23.0. The molecular formula is C24H36N2O4Si. The molecule has 1 saturated heterocycles. The Morgan fingerprint density at radius 2 is 1.81 bits per heavy atom. The summed E-state index contributed by atoms with van der Waals surface area (Å²) >= 11 is 0. The van der Waals surface area contributed by atoms with E-state index < -0.39 is 14.5 Å². The largest absolute Gasteiger partial charge is 0.411 e. The van der Waals surface area contributed by atoms with E-state index in [1.54, 1.807) is 17.7 Å². The van der Waals surface area contributed by atoms with Crippen molar-refractivity contribution in [2.75, 3.05) is 0 Å². The van der Waals surface area contributed by atoms with Gasteiger partial charge in [-0.1, -0.05) is 58.0 Å². The molecule has 0 amide bonds. The van der Waals surface area contributed by atoms with Gasteiger partial charge in [-0.2, -0.15) is 0 Å². The highest BCUT2D eigenvalue weighted by Crippen LogP contribution is 2.41. The molecule has 0 spiro atoms. The first-order chi connectivity index (χ1) is 14.4. The van der Waals surface area contributed by atoms with Crippen LogP contribution in [-0.2, 0) is 15.7 Å². The Bertz CT molecular complexity index is 1020. The van der Waals surface area contributed by atoms with Crippen molar-refractivity contribution in [3.63, 3.8) is 0 Å². The Labute approximate surface area is 186 Å². The molecule has 1 fully saturated rings. The van der Waals surface area contributed by atoms with Gasteiger partial charge < -0.3 is 9.16 Å². The van der Waals surface area contributed by atoms with Gasteiger partial charge in [-0.25, -0.2) is 4.79 Å². The molecule has 0 saturated carbocycles. The van der Waals surface area contributed by atoms with Crippen LogP contribution in [0.2, 0.25) is 18.1 Å². The zero-order valence-electron chi connectivity index (χ0n) is 19.8. The Kier molecular flexibility index (Phi) is 6.79. The third-order valence-corrected chi connectivity index (χ3v) is 11.2. The molecule has 0 N–H and O–H groups in total. The van der Waals surface area contributed by atoms with Crippen LogP contribution in [0.15, 0.2) is 46.1 Å². The average molecular weight is 445 g/mol. The summed E-state index contributed by atoms with van der Waals surface area (Å²) in [5, 5.41) is 0.0969. The SMILES string of the molecule is CC[C@H]1O[C@@H](n2cc(C)c(=O)n(Cc3ccccc3)c2=O)CC1O[Si](C)(C)C(C)(C)C. The fourth-order valence-corrected chi connectivity index (χ4v) is 5.14. The monoisotopic (exact) mass is 444 g/mol. The maximum atomic E-state index is 13.3. The summed E-state index contributed by atoms with van der Waals surface area (Å²) in [6.45, 7) is 15.2. The number of rotatable bonds is 6. The second-order valence-electron chi connectivity index (χ2n) is 10.1. The smallest absolute Gasteiger partial charge is 0.333 e. The van der Waals surface area contributed by atoms with Crippen LogP contribution in [0.4, 0.5) is 0 Å². The van der Waals surface area contributed by atoms with Crippen molar-refractivity contribution >= 4 is 8.32 Å². The van der Waals surface area contributed by atoms with Crippen molar-refractivity contribution in [3.05, 3.63) is 68.5 Å². The molecule has 2 aromatic rings. The number of nitrogens with zero attached hydrogens (tertiary/aromatic N) is 2. The van der Waals surface area contributed by atoms with Crippen LogP contribution < -0.4 is 11.2 Å². The van der Waals surface area contributed by atoms with Gasteiger partial charge in [-0.05, 0) is 37.0 Å². The van der Waals surface area contributed by atoms with E-state index in [0.717, 1.165) is 12.0 Å². The van der Waals surface area contributed by atoms with Crippen LogP contribution >= 0.6 is 0 Å². The molecule has 31 heavy (non-hydrogen) atoms. The van der Waals surface area contributed by atoms with E-state index in [0.29, 0.717) is 12.0 Å². The van der Waals surface area contributed by atoms with E-state index in [4.69, 9.17) is 9.16 Å². The quantitative estimate of drug-likeness (QED) is 0.618. The van der Waals surface area contributed by atoms with Gasteiger partial charge in [-0.3, -0.25) is 13.9 Å². The summed E-state index contributed by atoms with van der Waals surface area (Å²) in [6.07, 6.45) is 2.49. The molecule has 2 heterocycles. The molecule has 1 aliphatic heterocycles. The number of ether oxygens (including phenoxy) is 1. The number of benzene rings is 1. The first kappa shape index (κ1) is 23.7. The van der Waals surface area contributed by atoms with Crippen LogP contribution in [0.1, 0.15) is 57.9 Å². The molecule has 3 atom stereocenters. The molecule has 7 heteroatoms. The van der Waals surface area contributed by atoms with Gasteiger partial charge in [0.25, 0.3) is 5.56 Å². The number of aromatic nitrogens is 2. The van der Waals surface area contributed by atoms with E-state index in [1.807, 2.05) is 30.3 Å². The minimum absolute atomic E-state index is 0.0578. The third kappa shape index (κ3) is 4.94. The molecule has 1 aromatic heterocycles. The van der Waals surface area contributed by atoms with Crippen LogP contribution in [0.5, 0.6) is 0 Å². The Morgan fingerprint density at radius 3 is 2.39 bits per heavy atom. The summed E-state index contributed by atoms with van der Waals surface area (Å²) in [6, 6.07) is 9.56. The predicted octanol–water partition coefficient (Wildman–Crippen LogP) is 4.45. The number of aryl methyl sites for hydroxylation is 1. The van der Waals surface area contributed by atoms with Crippen LogP contribution in [0.25, 0.3) is 0 Å².